The molecule has 3 unspecified atom stereocenters. The molecule has 3 atom stereocenters. The lowest BCUT2D eigenvalue weighted by Crippen LogP contribution is -2.31. The maximum absolute atomic E-state index is 11.7. The minimum atomic E-state index is -1.32. The predicted octanol–water partition coefficient (Wildman–Crippen LogP) is 3.81. The van der Waals surface area contributed by atoms with Crippen LogP contribution < -0.4 is 5.32 Å². The number of hydrogen-bond acceptors (Lipinski definition) is 6. The topological polar surface area (TPSA) is 97.7 Å². The number of phenolic OH excluding ortho intramolecular Hbond substituents is 1. The number of rotatable bonds is 11. The number of aliphatic hydroxyl groups is 1. The van der Waals surface area contributed by atoms with Crippen LogP contribution in [0.2, 0.25) is 0 Å². The molecule has 2 aromatic carbocycles. The fraction of sp³-hybridized carbons (Fsp3) is 0.320. The zero-order valence-electron chi connectivity index (χ0n) is 18.4. The van der Waals surface area contributed by atoms with Crippen LogP contribution in [0.1, 0.15) is 30.6 Å². The van der Waals surface area contributed by atoms with Crippen LogP contribution in [0.3, 0.4) is 0 Å². The van der Waals surface area contributed by atoms with Crippen LogP contribution >= 0.6 is 0 Å². The van der Waals surface area contributed by atoms with Gasteiger partial charge in [-0.25, -0.2) is 0 Å². The lowest BCUT2D eigenvalue weighted by atomic mass is 10.1. The highest BCUT2D eigenvalue weighted by atomic mass is 32.2. The van der Waals surface area contributed by atoms with Gasteiger partial charge in [0.15, 0.2) is 10.6 Å². The molecule has 0 aliphatic heterocycles. The molecular formula is C25H30N2O4S. The van der Waals surface area contributed by atoms with Crippen LogP contribution in [-0.2, 0) is 22.5 Å². The first-order valence-electron chi connectivity index (χ1n) is 10.6. The number of aromatic nitrogens is 1. The highest BCUT2D eigenvalue weighted by Crippen LogP contribution is 2.26. The minimum Gasteiger partial charge on any atom is -0.612 e. The molecule has 0 spiro atoms. The number of pyridine rings is 1. The number of ether oxygens (including phenoxy) is 1. The van der Waals surface area contributed by atoms with Gasteiger partial charge in [-0.15, -0.1) is 0 Å². The van der Waals surface area contributed by atoms with Crippen molar-refractivity contribution in [3.63, 3.8) is 0 Å². The van der Waals surface area contributed by atoms with E-state index >= 15 is 0 Å². The number of hydrogen-bond donors (Lipinski definition) is 3. The standard InChI is InChI=1S/C25H30N2O4S/c1-18(27-16-24(29)21-8-9-23(28)25(13-21)32(2)30)10-11-31-17-19-12-22(15-26-14-19)20-6-4-3-5-7-20/h3-9,12-15,18,24,27-29H,10-11,16-17H2,1-2H3. The smallest absolute Gasteiger partial charge is 0.194 e. The molecule has 0 saturated carbocycles. The van der Waals surface area contributed by atoms with E-state index in [1.54, 1.807) is 12.1 Å². The van der Waals surface area contributed by atoms with Gasteiger partial charge >= 0.3 is 0 Å². The van der Waals surface area contributed by atoms with Crippen LogP contribution in [-0.4, -0.2) is 45.2 Å². The van der Waals surface area contributed by atoms with E-state index in [1.165, 1.54) is 12.3 Å². The Labute approximate surface area is 192 Å². The molecule has 0 aliphatic rings. The highest BCUT2D eigenvalue weighted by molar-refractivity contribution is 7.90. The molecule has 170 valence electrons. The van der Waals surface area contributed by atoms with Crippen molar-refractivity contribution in [2.45, 2.75) is 37.0 Å². The average Bonchev–Trinajstić information content (AvgIpc) is 2.81. The van der Waals surface area contributed by atoms with Crippen molar-refractivity contribution in [2.75, 3.05) is 19.4 Å². The summed E-state index contributed by atoms with van der Waals surface area (Å²) in [5.74, 6) is -0.0234. The van der Waals surface area contributed by atoms with Crippen molar-refractivity contribution in [3.8, 4) is 16.9 Å². The molecule has 0 amide bonds. The summed E-state index contributed by atoms with van der Waals surface area (Å²) in [5, 5.41) is 23.5. The van der Waals surface area contributed by atoms with Crippen LogP contribution in [0.25, 0.3) is 11.1 Å². The van der Waals surface area contributed by atoms with Crippen LogP contribution in [0, 0.1) is 0 Å². The molecule has 0 saturated heterocycles. The summed E-state index contributed by atoms with van der Waals surface area (Å²) in [6.45, 7) is 3.47. The van der Waals surface area contributed by atoms with E-state index in [4.69, 9.17) is 4.74 Å². The van der Waals surface area contributed by atoms with Gasteiger partial charge in [0.05, 0.1) is 12.7 Å². The quantitative estimate of drug-likeness (QED) is 0.301. The zero-order chi connectivity index (χ0) is 22.9. The Morgan fingerprint density at radius 1 is 1.09 bits per heavy atom. The molecule has 3 N–H and O–H groups in total. The summed E-state index contributed by atoms with van der Waals surface area (Å²) in [5.41, 5.74) is 3.85. The normalized spacial score (nSPS) is 14.1. The number of nitrogens with one attached hydrogen (secondary N) is 1. The fourth-order valence-electron chi connectivity index (χ4n) is 3.31. The molecule has 3 rings (SSSR count). The minimum absolute atomic E-state index is 0.0234. The highest BCUT2D eigenvalue weighted by Gasteiger charge is 2.16. The molecule has 7 heteroatoms. The molecule has 3 aromatic rings. The van der Waals surface area contributed by atoms with Gasteiger partial charge in [-0.1, -0.05) is 36.4 Å². The van der Waals surface area contributed by atoms with Crippen LogP contribution in [0.4, 0.5) is 0 Å². The first-order chi connectivity index (χ1) is 15.4. The van der Waals surface area contributed by atoms with Gasteiger partial charge in [0.1, 0.15) is 6.26 Å². The van der Waals surface area contributed by atoms with E-state index in [1.807, 2.05) is 37.5 Å². The SMILES string of the molecule is CC(CCOCc1cncc(-c2ccccc2)c1)NCC(O)c1ccc(O)c([S+](C)[O-])c1. The number of aromatic hydroxyl groups is 1. The summed E-state index contributed by atoms with van der Waals surface area (Å²) < 4.78 is 17.5. The van der Waals surface area contributed by atoms with E-state index in [0.717, 1.165) is 23.1 Å². The first-order valence-corrected chi connectivity index (χ1v) is 12.1. The lowest BCUT2D eigenvalue weighted by Gasteiger charge is -2.18. The van der Waals surface area contributed by atoms with Crippen molar-refractivity contribution in [2.24, 2.45) is 0 Å². The number of aliphatic hydroxyl groups excluding tert-OH is 1. The first kappa shape index (κ1) is 24.2. The maximum atomic E-state index is 11.7. The molecule has 6 nitrogen and oxygen atoms in total. The number of benzene rings is 2. The summed E-state index contributed by atoms with van der Waals surface area (Å²) in [7, 11) is 0. The molecule has 1 aromatic heterocycles. The Bertz CT molecular complexity index is 985. The third-order valence-electron chi connectivity index (χ3n) is 5.20. The molecule has 1 heterocycles. The molecule has 0 aliphatic carbocycles. The summed E-state index contributed by atoms with van der Waals surface area (Å²) >= 11 is -1.32. The van der Waals surface area contributed by atoms with Crippen molar-refractivity contribution in [1.82, 2.24) is 10.3 Å². The fourth-order valence-corrected chi connectivity index (χ4v) is 3.97. The van der Waals surface area contributed by atoms with Gasteiger partial charge in [-0.05, 0) is 53.3 Å². The Kier molecular flexibility index (Phi) is 9.08. The van der Waals surface area contributed by atoms with Crippen LogP contribution in [0.15, 0.2) is 71.9 Å². The van der Waals surface area contributed by atoms with E-state index in [0.29, 0.717) is 30.2 Å². The van der Waals surface area contributed by atoms with E-state index in [2.05, 4.69) is 28.5 Å². The molecule has 0 bridgehead atoms. The van der Waals surface area contributed by atoms with Crippen molar-refractivity contribution in [1.29, 1.82) is 0 Å². The van der Waals surface area contributed by atoms with Gasteiger partial charge in [0, 0.05) is 43.2 Å². The van der Waals surface area contributed by atoms with Gasteiger partial charge in [-0.3, -0.25) is 4.98 Å². The summed E-state index contributed by atoms with van der Waals surface area (Å²) in [6.07, 6.45) is 5.20. The van der Waals surface area contributed by atoms with Crippen molar-refractivity contribution < 1.29 is 19.5 Å². The zero-order valence-corrected chi connectivity index (χ0v) is 19.2. The van der Waals surface area contributed by atoms with Gasteiger partial charge in [0.2, 0.25) is 0 Å². The summed E-state index contributed by atoms with van der Waals surface area (Å²) in [6, 6.07) is 17.1. The third-order valence-corrected chi connectivity index (χ3v) is 6.15. The monoisotopic (exact) mass is 454 g/mol. The Hall–Kier alpha value is -2.42. The van der Waals surface area contributed by atoms with Crippen LogP contribution in [0.5, 0.6) is 5.75 Å². The van der Waals surface area contributed by atoms with Gasteiger partial charge in [0.25, 0.3) is 0 Å². The van der Waals surface area contributed by atoms with E-state index in [-0.39, 0.29) is 11.8 Å². The Morgan fingerprint density at radius 2 is 1.88 bits per heavy atom. The van der Waals surface area contributed by atoms with Gasteiger partial charge in [-0.2, -0.15) is 0 Å². The predicted molar refractivity (Wildman–Crippen MR) is 127 cm³/mol. The summed E-state index contributed by atoms with van der Waals surface area (Å²) in [4.78, 5) is 4.65. The average molecular weight is 455 g/mol. The van der Waals surface area contributed by atoms with Gasteiger partial charge < -0.3 is 24.8 Å². The lowest BCUT2D eigenvalue weighted by molar-refractivity contribution is 0.109. The second-order valence-electron chi connectivity index (χ2n) is 7.80. The maximum Gasteiger partial charge on any atom is 0.194 e. The number of phenols is 1. The molecule has 32 heavy (non-hydrogen) atoms. The second kappa shape index (κ2) is 12.0. The largest absolute Gasteiger partial charge is 0.612 e. The van der Waals surface area contributed by atoms with E-state index in [9.17, 15) is 14.8 Å². The molecular weight excluding hydrogens is 424 g/mol. The second-order valence-corrected chi connectivity index (χ2v) is 9.14. The molecule has 0 fully saturated rings. The Balaban J connectivity index is 1.40. The van der Waals surface area contributed by atoms with Crippen molar-refractivity contribution in [3.05, 3.63) is 78.1 Å². The van der Waals surface area contributed by atoms with E-state index < -0.39 is 17.3 Å². The molecule has 0 radical (unpaired) electrons. The van der Waals surface area contributed by atoms with Crippen molar-refractivity contribution >= 4 is 11.2 Å². The third kappa shape index (κ3) is 7.05. The number of nitrogens with zero attached hydrogens (tertiary/aromatic N) is 1. The Morgan fingerprint density at radius 3 is 2.62 bits per heavy atom.